The molecule has 88 valence electrons. The van der Waals surface area contributed by atoms with E-state index in [0.717, 1.165) is 5.69 Å². The number of pyridine rings is 1. The molecule has 1 heterocycles. The summed E-state index contributed by atoms with van der Waals surface area (Å²) in [5.41, 5.74) is 2.12. The lowest BCUT2D eigenvalue weighted by molar-refractivity contribution is 0.0598. The number of nitrogens with zero attached hydrogens (tertiary/aromatic N) is 1. The second kappa shape index (κ2) is 6.19. The summed E-state index contributed by atoms with van der Waals surface area (Å²) in [6, 6.07) is 3.57. The van der Waals surface area contributed by atoms with E-state index in [1.165, 1.54) is 7.11 Å². The van der Waals surface area contributed by atoms with E-state index in [1.807, 2.05) is 20.2 Å². The van der Waals surface area contributed by atoms with Crippen molar-refractivity contribution in [1.82, 2.24) is 15.6 Å². The van der Waals surface area contributed by atoms with Gasteiger partial charge in [-0.3, -0.25) is 4.98 Å². The van der Waals surface area contributed by atoms with Crippen molar-refractivity contribution in [3.8, 4) is 0 Å². The van der Waals surface area contributed by atoms with Gasteiger partial charge < -0.3 is 15.4 Å². The summed E-state index contributed by atoms with van der Waals surface area (Å²) in [5, 5.41) is 6.00. The predicted octanol–water partition coefficient (Wildman–Crippen LogP) is 0.307. The van der Waals surface area contributed by atoms with Gasteiger partial charge in [-0.2, -0.15) is 0 Å². The number of aromatic nitrogens is 1. The lowest BCUT2D eigenvalue weighted by Crippen LogP contribution is -2.16. The lowest BCUT2D eigenvalue weighted by Gasteiger charge is -2.08. The third-order valence-electron chi connectivity index (χ3n) is 2.14. The van der Waals surface area contributed by atoms with Crippen molar-refractivity contribution in [2.75, 3.05) is 21.2 Å². The van der Waals surface area contributed by atoms with Crippen LogP contribution in [0.4, 0.5) is 0 Å². The summed E-state index contributed by atoms with van der Waals surface area (Å²) in [7, 11) is 5.04. The van der Waals surface area contributed by atoms with Crippen LogP contribution in [0, 0.1) is 0 Å². The molecule has 0 spiro atoms. The van der Waals surface area contributed by atoms with Crippen LogP contribution >= 0.6 is 0 Å². The van der Waals surface area contributed by atoms with Crippen LogP contribution in [-0.2, 0) is 17.8 Å². The van der Waals surface area contributed by atoms with Gasteiger partial charge in [0, 0.05) is 13.1 Å². The zero-order chi connectivity index (χ0) is 12.0. The second-order valence-corrected chi connectivity index (χ2v) is 3.35. The third-order valence-corrected chi connectivity index (χ3v) is 2.14. The highest BCUT2D eigenvalue weighted by Crippen LogP contribution is 2.09. The van der Waals surface area contributed by atoms with Crippen molar-refractivity contribution in [2.24, 2.45) is 0 Å². The van der Waals surface area contributed by atoms with Crippen LogP contribution in [0.5, 0.6) is 0 Å². The zero-order valence-electron chi connectivity index (χ0n) is 9.83. The van der Waals surface area contributed by atoms with Gasteiger partial charge >= 0.3 is 5.97 Å². The van der Waals surface area contributed by atoms with Gasteiger partial charge in [-0.15, -0.1) is 0 Å². The quantitative estimate of drug-likeness (QED) is 0.703. The Bertz CT molecular complexity index is 366. The Morgan fingerprint density at radius 3 is 2.56 bits per heavy atom. The molecule has 0 aliphatic rings. The van der Waals surface area contributed by atoms with Crippen molar-refractivity contribution in [3.05, 3.63) is 29.1 Å². The van der Waals surface area contributed by atoms with Crippen molar-refractivity contribution in [1.29, 1.82) is 0 Å². The van der Waals surface area contributed by atoms with Crippen LogP contribution in [0.25, 0.3) is 0 Å². The van der Waals surface area contributed by atoms with Gasteiger partial charge in [0.05, 0.1) is 24.1 Å². The average molecular weight is 223 g/mol. The maximum atomic E-state index is 11.5. The van der Waals surface area contributed by atoms with Crippen molar-refractivity contribution < 1.29 is 9.53 Å². The molecule has 0 radical (unpaired) electrons. The largest absolute Gasteiger partial charge is 0.465 e. The fourth-order valence-electron chi connectivity index (χ4n) is 1.42. The topological polar surface area (TPSA) is 63.2 Å². The van der Waals surface area contributed by atoms with Crippen LogP contribution in [0.15, 0.2) is 12.1 Å². The van der Waals surface area contributed by atoms with Crippen molar-refractivity contribution in [3.63, 3.8) is 0 Å². The molecule has 0 saturated carbocycles. The van der Waals surface area contributed by atoms with Gasteiger partial charge in [-0.1, -0.05) is 0 Å². The molecule has 1 aromatic heterocycles. The highest BCUT2D eigenvalue weighted by molar-refractivity contribution is 5.90. The van der Waals surface area contributed by atoms with Crippen LogP contribution in [0.3, 0.4) is 0 Å². The van der Waals surface area contributed by atoms with E-state index in [-0.39, 0.29) is 5.97 Å². The van der Waals surface area contributed by atoms with Crippen LogP contribution in [0.2, 0.25) is 0 Å². The highest BCUT2D eigenvalue weighted by Gasteiger charge is 2.12. The van der Waals surface area contributed by atoms with E-state index < -0.39 is 0 Å². The molecule has 0 saturated heterocycles. The number of methoxy groups -OCH3 is 1. The van der Waals surface area contributed by atoms with Gasteiger partial charge in [0.25, 0.3) is 0 Å². The molecular weight excluding hydrogens is 206 g/mol. The predicted molar refractivity (Wildman–Crippen MR) is 61.1 cm³/mol. The summed E-state index contributed by atoms with van der Waals surface area (Å²) in [5.74, 6) is -0.353. The first-order chi connectivity index (χ1) is 7.72. The van der Waals surface area contributed by atoms with Crippen LogP contribution in [0.1, 0.15) is 21.7 Å². The van der Waals surface area contributed by atoms with Gasteiger partial charge in [0.1, 0.15) is 0 Å². The molecule has 5 heteroatoms. The fraction of sp³-hybridized carbons (Fsp3) is 0.455. The minimum absolute atomic E-state index is 0.353. The number of carbonyl (C=O) groups is 1. The van der Waals surface area contributed by atoms with Crippen LogP contribution < -0.4 is 10.6 Å². The molecule has 0 fully saturated rings. The SMILES string of the molecule is CNCc1ccc(C(=O)OC)c(CNC)n1. The Morgan fingerprint density at radius 2 is 2.00 bits per heavy atom. The molecular formula is C11H17N3O2. The number of rotatable bonds is 5. The minimum atomic E-state index is -0.353. The summed E-state index contributed by atoms with van der Waals surface area (Å²) >= 11 is 0. The molecule has 0 amide bonds. The molecule has 1 aromatic rings. The highest BCUT2D eigenvalue weighted by atomic mass is 16.5. The van der Waals surface area contributed by atoms with E-state index >= 15 is 0 Å². The first kappa shape index (κ1) is 12.6. The minimum Gasteiger partial charge on any atom is -0.465 e. The molecule has 16 heavy (non-hydrogen) atoms. The second-order valence-electron chi connectivity index (χ2n) is 3.35. The molecule has 0 atom stereocenters. The standard InChI is InChI=1S/C11H17N3O2/c1-12-6-8-4-5-9(11(15)16-3)10(14-8)7-13-2/h4-5,12-13H,6-7H2,1-3H3. The summed E-state index contributed by atoms with van der Waals surface area (Å²) in [6.45, 7) is 1.22. The monoisotopic (exact) mass is 223 g/mol. The number of esters is 1. The summed E-state index contributed by atoms with van der Waals surface area (Å²) < 4.78 is 4.70. The molecule has 0 aliphatic carbocycles. The van der Waals surface area contributed by atoms with E-state index in [0.29, 0.717) is 24.3 Å². The number of ether oxygens (including phenoxy) is 1. The fourth-order valence-corrected chi connectivity index (χ4v) is 1.42. The van der Waals surface area contributed by atoms with Gasteiger partial charge in [-0.25, -0.2) is 4.79 Å². The van der Waals surface area contributed by atoms with E-state index in [1.54, 1.807) is 6.07 Å². The summed E-state index contributed by atoms with van der Waals surface area (Å²) in [6.07, 6.45) is 0. The average Bonchev–Trinajstić information content (AvgIpc) is 2.29. The molecule has 0 aliphatic heterocycles. The Balaban J connectivity index is 3.03. The smallest absolute Gasteiger partial charge is 0.339 e. The van der Waals surface area contributed by atoms with Gasteiger partial charge in [0.15, 0.2) is 0 Å². The Hall–Kier alpha value is -1.46. The Labute approximate surface area is 95.2 Å². The number of nitrogens with one attached hydrogen (secondary N) is 2. The maximum absolute atomic E-state index is 11.5. The summed E-state index contributed by atoms with van der Waals surface area (Å²) in [4.78, 5) is 15.9. The first-order valence-electron chi connectivity index (χ1n) is 5.09. The Morgan fingerprint density at radius 1 is 1.31 bits per heavy atom. The maximum Gasteiger partial charge on any atom is 0.339 e. The van der Waals surface area contributed by atoms with Gasteiger partial charge in [0.2, 0.25) is 0 Å². The van der Waals surface area contributed by atoms with Crippen molar-refractivity contribution in [2.45, 2.75) is 13.1 Å². The normalized spacial score (nSPS) is 10.2. The zero-order valence-corrected chi connectivity index (χ0v) is 9.83. The number of hydrogen-bond acceptors (Lipinski definition) is 5. The number of hydrogen-bond donors (Lipinski definition) is 2. The molecule has 1 rings (SSSR count). The Kier molecular flexibility index (Phi) is 4.88. The molecule has 0 bridgehead atoms. The molecule has 5 nitrogen and oxygen atoms in total. The van der Waals surface area contributed by atoms with Crippen molar-refractivity contribution >= 4 is 5.97 Å². The van der Waals surface area contributed by atoms with E-state index in [9.17, 15) is 4.79 Å². The van der Waals surface area contributed by atoms with Crippen LogP contribution in [-0.4, -0.2) is 32.2 Å². The molecule has 0 unspecified atom stereocenters. The first-order valence-corrected chi connectivity index (χ1v) is 5.09. The lowest BCUT2D eigenvalue weighted by atomic mass is 10.1. The molecule has 0 aromatic carbocycles. The number of carbonyl (C=O) groups excluding carboxylic acids is 1. The molecule has 2 N–H and O–H groups in total. The third kappa shape index (κ3) is 3.01. The van der Waals surface area contributed by atoms with E-state index in [4.69, 9.17) is 4.74 Å². The van der Waals surface area contributed by atoms with E-state index in [2.05, 4.69) is 15.6 Å². The van der Waals surface area contributed by atoms with Gasteiger partial charge in [-0.05, 0) is 26.2 Å².